The Bertz CT molecular complexity index is 620. The lowest BCUT2D eigenvalue weighted by Crippen LogP contribution is -2.42. The molecule has 2 aliphatic heterocycles. The van der Waals surface area contributed by atoms with Crippen molar-refractivity contribution in [2.24, 2.45) is 0 Å². The fourth-order valence-electron chi connectivity index (χ4n) is 2.72. The van der Waals surface area contributed by atoms with Gasteiger partial charge in [0.25, 0.3) is 11.8 Å². The molecule has 0 aromatic heterocycles. The molecule has 0 saturated carbocycles. The van der Waals surface area contributed by atoms with Crippen LogP contribution in [0.4, 0.5) is 0 Å². The lowest BCUT2D eigenvalue weighted by Gasteiger charge is -2.31. The summed E-state index contributed by atoms with van der Waals surface area (Å²) >= 11 is 0. The normalized spacial score (nSPS) is 17.0. The van der Waals surface area contributed by atoms with E-state index in [9.17, 15) is 14.4 Å². The van der Waals surface area contributed by atoms with E-state index in [0.29, 0.717) is 30.5 Å². The van der Waals surface area contributed by atoms with E-state index < -0.39 is 0 Å². The van der Waals surface area contributed by atoms with Crippen molar-refractivity contribution in [2.75, 3.05) is 19.6 Å². The van der Waals surface area contributed by atoms with Gasteiger partial charge < -0.3 is 4.90 Å². The number of likely N-dealkylation sites (tertiary alicyclic amines) is 1. The van der Waals surface area contributed by atoms with Gasteiger partial charge in [-0.3, -0.25) is 19.3 Å². The summed E-state index contributed by atoms with van der Waals surface area (Å²) in [4.78, 5) is 39.3. The van der Waals surface area contributed by atoms with Gasteiger partial charge in [-0.05, 0) is 31.9 Å². The van der Waals surface area contributed by atoms with Gasteiger partial charge in [0.15, 0.2) is 0 Å². The number of nitrogens with zero attached hydrogens (tertiary/aromatic N) is 2. The summed E-state index contributed by atoms with van der Waals surface area (Å²) in [7, 11) is 0. The molecular weight excluding hydrogens is 268 g/mol. The van der Waals surface area contributed by atoms with Gasteiger partial charge >= 0.3 is 0 Å². The van der Waals surface area contributed by atoms with Gasteiger partial charge in [-0.1, -0.05) is 11.6 Å². The van der Waals surface area contributed by atoms with Gasteiger partial charge in [-0.25, -0.2) is 0 Å². The Labute approximate surface area is 123 Å². The highest BCUT2D eigenvalue weighted by atomic mass is 16.2. The van der Waals surface area contributed by atoms with Crippen molar-refractivity contribution in [3.8, 4) is 0 Å². The summed E-state index contributed by atoms with van der Waals surface area (Å²) in [6, 6.07) is 5.29. The van der Waals surface area contributed by atoms with E-state index in [1.165, 1.54) is 4.90 Å². The quantitative estimate of drug-likeness (QED) is 0.790. The van der Waals surface area contributed by atoms with Crippen molar-refractivity contribution < 1.29 is 14.4 Å². The molecule has 1 aromatic rings. The minimum atomic E-state index is -0.244. The van der Waals surface area contributed by atoms with E-state index in [1.54, 1.807) is 12.1 Å². The van der Waals surface area contributed by atoms with Gasteiger partial charge in [0, 0.05) is 26.1 Å². The van der Waals surface area contributed by atoms with Gasteiger partial charge in [0.2, 0.25) is 5.91 Å². The molecule has 5 heteroatoms. The Hall–Kier alpha value is -2.17. The zero-order chi connectivity index (χ0) is 15.0. The highest BCUT2D eigenvalue weighted by Gasteiger charge is 2.35. The summed E-state index contributed by atoms with van der Waals surface area (Å²) in [6.07, 6.45) is 2.00. The summed E-state index contributed by atoms with van der Waals surface area (Å²) in [5.74, 6) is -0.366. The van der Waals surface area contributed by atoms with Crippen LogP contribution in [0.1, 0.15) is 45.5 Å². The first-order valence-electron chi connectivity index (χ1n) is 7.32. The van der Waals surface area contributed by atoms with Crippen LogP contribution in [0.3, 0.4) is 0 Å². The number of benzene rings is 1. The number of rotatable bonds is 4. The molecule has 5 nitrogen and oxygen atoms in total. The summed E-state index contributed by atoms with van der Waals surface area (Å²) < 4.78 is 0. The van der Waals surface area contributed by atoms with Crippen molar-refractivity contribution in [1.82, 2.24) is 9.80 Å². The number of imide groups is 1. The number of hydrogen-bond donors (Lipinski definition) is 0. The Morgan fingerprint density at radius 1 is 1.14 bits per heavy atom. The molecule has 0 bridgehead atoms. The molecule has 0 spiro atoms. The van der Waals surface area contributed by atoms with E-state index in [2.05, 4.69) is 0 Å². The summed E-state index contributed by atoms with van der Waals surface area (Å²) in [6.45, 7) is 3.88. The Balaban J connectivity index is 1.61. The molecular formula is C16H18N2O3. The van der Waals surface area contributed by atoms with Crippen LogP contribution in [0.5, 0.6) is 0 Å². The van der Waals surface area contributed by atoms with Crippen molar-refractivity contribution in [1.29, 1.82) is 0 Å². The number of amides is 3. The first-order valence-corrected chi connectivity index (χ1v) is 7.32. The standard InChI is InChI=1S/C16H18N2O3/c1-11-5-6-12-13(10-11)16(21)18(15(12)20)9-2-4-14(19)17-7-3-8-17/h5-6,10H,2-4,7-9H2,1H3. The first-order chi connectivity index (χ1) is 10.1. The van der Waals surface area contributed by atoms with Crippen molar-refractivity contribution in [3.05, 3.63) is 34.9 Å². The predicted octanol–water partition coefficient (Wildman–Crippen LogP) is 1.60. The number of carbonyl (C=O) groups is 3. The van der Waals surface area contributed by atoms with Crippen LogP contribution in [0.15, 0.2) is 18.2 Å². The van der Waals surface area contributed by atoms with Gasteiger partial charge in [-0.15, -0.1) is 0 Å². The van der Waals surface area contributed by atoms with E-state index in [0.717, 1.165) is 25.1 Å². The van der Waals surface area contributed by atoms with Crippen LogP contribution in [-0.2, 0) is 4.79 Å². The second-order valence-electron chi connectivity index (χ2n) is 5.65. The Kier molecular flexibility index (Phi) is 3.49. The molecule has 0 aliphatic carbocycles. The summed E-state index contributed by atoms with van der Waals surface area (Å²) in [5, 5.41) is 0. The third-order valence-corrected chi connectivity index (χ3v) is 4.11. The Morgan fingerprint density at radius 2 is 1.86 bits per heavy atom. The molecule has 0 N–H and O–H groups in total. The molecule has 0 atom stereocenters. The maximum absolute atomic E-state index is 12.2. The number of hydrogen-bond acceptors (Lipinski definition) is 3. The number of aryl methyl sites for hydroxylation is 1. The summed E-state index contributed by atoms with van der Waals surface area (Å²) in [5.41, 5.74) is 1.92. The van der Waals surface area contributed by atoms with Crippen molar-refractivity contribution in [2.45, 2.75) is 26.2 Å². The average molecular weight is 286 g/mol. The highest BCUT2D eigenvalue weighted by Crippen LogP contribution is 2.24. The van der Waals surface area contributed by atoms with Crippen LogP contribution in [0, 0.1) is 6.92 Å². The van der Waals surface area contributed by atoms with Crippen LogP contribution in [0.25, 0.3) is 0 Å². The van der Waals surface area contributed by atoms with Crippen LogP contribution in [-0.4, -0.2) is 47.2 Å². The van der Waals surface area contributed by atoms with E-state index >= 15 is 0 Å². The lowest BCUT2D eigenvalue weighted by atomic mass is 10.1. The zero-order valence-corrected chi connectivity index (χ0v) is 12.1. The highest BCUT2D eigenvalue weighted by molar-refractivity contribution is 6.21. The largest absolute Gasteiger partial charge is 0.343 e. The van der Waals surface area contributed by atoms with E-state index in [4.69, 9.17) is 0 Å². The third-order valence-electron chi connectivity index (χ3n) is 4.11. The maximum atomic E-state index is 12.2. The molecule has 1 fully saturated rings. The number of carbonyl (C=O) groups excluding carboxylic acids is 3. The molecule has 21 heavy (non-hydrogen) atoms. The zero-order valence-electron chi connectivity index (χ0n) is 12.1. The van der Waals surface area contributed by atoms with Crippen molar-refractivity contribution in [3.63, 3.8) is 0 Å². The van der Waals surface area contributed by atoms with Gasteiger partial charge in [0.1, 0.15) is 0 Å². The average Bonchev–Trinajstić information content (AvgIpc) is 2.61. The molecule has 0 radical (unpaired) electrons. The molecule has 2 heterocycles. The second-order valence-corrected chi connectivity index (χ2v) is 5.65. The lowest BCUT2D eigenvalue weighted by molar-refractivity contribution is -0.134. The molecule has 1 aromatic carbocycles. The smallest absolute Gasteiger partial charge is 0.261 e. The minimum absolute atomic E-state index is 0.119. The monoisotopic (exact) mass is 286 g/mol. The fraction of sp³-hybridized carbons (Fsp3) is 0.438. The molecule has 3 amide bonds. The van der Waals surface area contributed by atoms with E-state index in [1.807, 2.05) is 17.9 Å². The molecule has 110 valence electrons. The predicted molar refractivity (Wildman–Crippen MR) is 77.0 cm³/mol. The fourth-order valence-corrected chi connectivity index (χ4v) is 2.72. The van der Waals surface area contributed by atoms with E-state index in [-0.39, 0.29) is 17.7 Å². The maximum Gasteiger partial charge on any atom is 0.261 e. The SMILES string of the molecule is Cc1ccc2c(c1)C(=O)N(CCCC(=O)N1CCC1)C2=O. The number of fused-ring (bicyclic) bond motifs is 1. The minimum Gasteiger partial charge on any atom is -0.343 e. The van der Waals surface area contributed by atoms with Gasteiger partial charge in [-0.2, -0.15) is 0 Å². The van der Waals surface area contributed by atoms with Crippen LogP contribution in [0.2, 0.25) is 0 Å². The molecule has 3 rings (SSSR count). The van der Waals surface area contributed by atoms with Gasteiger partial charge in [0.05, 0.1) is 11.1 Å². The first kappa shape index (κ1) is 13.8. The van der Waals surface area contributed by atoms with Crippen molar-refractivity contribution >= 4 is 17.7 Å². The molecule has 2 aliphatic rings. The Morgan fingerprint density at radius 3 is 2.52 bits per heavy atom. The molecule has 1 saturated heterocycles. The topological polar surface area (TPSA) is 57.7 Å². The molecule has 0 unspecified atom stereocenters. The second kappa shape index (κ2) is 5.31. The third kappa shape index (κ3) is 2.44. The van der Waals surface area contributed by atoms with Crippen LogP contribution < -0.4 is 0 Å². The van der Waals surface area contributed by atoms with Crippen LogP contribution >= 0.6 is 0 Å².